The van der Waals surface area contributed by atoms with Crippen LogP contribution in [0.2, 0.25) is 0 Å². The predicted molar refractivity (Wildman–Crippen MR) is 101 cm³/mol. The molecular weight excluding hydrogens is 546 g/mol. The van der Waals surface area contributed by atoms with E-state index in [2.05, 4.69) is 0 Å². The molecular formula is C10H4Cl12. The lowest BCUT2D eigenvalue weighted by atomic mass is 9.52. The minimum absolute atomic E-state index is 1.11. The van der Waals surface area contributed by atoms with Gasteiger partial charge in [-0.2, -0.15) is 0 Å². The second-order valence-corrected chi connectivity index (χ2v) is 14.4. The summed E-state index contributed by atoms with van der Waals surface area (Å²) in [4.78, 5) is 0. The molecule has 0 spiro atoms. The van der Waals surface area contributed by atoms with Gasteiger partial charge in [0.2, 0.25) is 0 Å². The van der Waals surface area contributed by atoms with Crippen molar-refractivity contribution in [1.82, 2.24) is 0 Å². The van der Waals surface area contributed by atoms with Gasteiger partial charge in [0.15, 0.2) is 0 Å². The number of rotatable bonds is 0. The molecule has 22 heavy (non-hydrogen) atoms. The normalized spacial score (nSPS) is 47.5. The quantitative estimate of drug-likeness (QED) is 0.274. The third-order valence-electron chi connectivity index (χ3n) is 4.62. The van der Waals surface area contributed by atoms with Crippen LogP contribution in [0.25, 0.3) is 0 Å². The molecule has 0 aromatic carbocycles. The summed E-state index contributed by atoms with van der Waals surface area (Å²) in [6.07, 6.45) is 0. The molecule has 0 radical (unpaired) electrons. The van der Waals surface area contributed by atoms with E-state index in [-0.39, 0.29) is 0 Å². The lowest BCUT2D eigenvalue weighted by molar-refractivity contribution is -0.0356. The van der Waals surface area contributed by atoms with Gasteiger partial charge in [-0.15, -0.1) is 139 Å². The van der Waals surface area contributed by atoms with Crippen LogP contribution in [0.1, 0.15) is 0 Å². The Hall–Kier alpha value is 3.48. The standard InChI is InChI=1S/C10H4Cl12/c11-5(12)1-6(13,14)3-8(17,18)2(5)9(19,20)4(7(1,15)16)10(3,21)22/h1-4H. The molecule has 0 aromatic rings. The van der Waals surface area contributed by atoms with Crippen LogP contribution in [0.5, 0.6) is 0 Å². The van der Waals surface area contributed by atoms with Gasteiger partial charge in [0.05, 0.1) is 23.7 Å². The Morgan fingerprint density at radius 3 is 0.455 bits per heavy atom. The molecule has 4 saturated carbocycles. The van der Waals surface area contributed by atoms with Crippen molar-refractivity contribution < 1.29 is 0 Å². The molecule has 4 rings (SSSR count). The molecule has 0 nitrogen and oxygen atoms in total. The summed E-state index contributed by atoms with van der Waals surface area (Å²) >= 11 is 77.5. The Bertz CT molecular complexity index is 374. The van der Waals surface area contributed by atoms with E-state index in [9.17, 15) is 0 Å². The van der Waals surface area contributed by atoms with Gasteiger partial charge < -0.3 is 0 Å². The third-order valence-corrected chi connectivity index (χ3v) is 9.86. The first-order valence-electron chi connectivity index (χ1n) is 5.73. The van der Waals surface area contributed by atoms with Crippen molar-refractivity contribution in [2.75, 3.05) is 0 Å². The minimum Gasteiger partial charge on any atom is -0.101 e. The van der Waals surface area contributed by atoms with Crippen molar-refractivity contribution in [2.45, 2.75) is 26.0 Å². The van der Waals surface area contributed by atoms with Crippen molar-refractivity contribution in [1.29, 1.82) is 0 Å². The Morgan fingerprint density at radius 1 is 0.273 bits per heavy atom. The highest BCUT2D eigenvalue weighted by Gasteiger charge is 2.92. The topological polar surface area (TPSA) is 0 Å². The monoisotopic (exact) mass is 544 g/mol. The highest BCUT2D eigenvalue weighted by molar-refractivity contribution is 6.67. The van der Waals surface area contributed by atoms with Crippen molar-refractivity contribution in [3.63, 3.8) is 0 Å². The first-order chi connectivity index (χ1) is 9.46. The summed E-state index contributed by atoms with van der Waals surface area (Å²) in [6, 6.07) is 0. The molecule has 0 aromatic heterocycles. The maximum Gasteiger partial charge on any atom is 0.135 e. The van der Waals surface area contributed by atoms with E-state index in [0.29, 0.717) is 0 Å². The molecule has 0 N–H and O–H groups in total. The molecule has 128 valence electrons. The van der Waals surface area contributed by atoms with Gasteiger partial charge in [-0.05, 0) is 0 Å². The first kappa shape index (κ1) is 20.2. The summed E-state index contributed by atoms with van der Waals surface area (Å²) in [6.45, 7) is 0. The van der Waals surface area contributed by atoms with E-state index >= 15 is 0 Å². The second kappa shape index (κ2) is 5.09. The molecule has 0 unspecified atom stereocenters. The highest BCUT2D eigenvalue weighted by Crippen LogP contribution is 2.85. The van der Waals surface area contributed by atoms with E-state index in [1.807, 2.05) is 0 Å². The number of hydrogen-bond donors (Lipinski definition) is 0. The average Bonchev–Trinajstić information content (AvgIpc) is 2.01. The number of halogens is 12. The fraction of sp³-hybridized carbons (Fsp3) is 1.00. The summed E-state index contributed by atoms with van der Waals surface area (Å²) in [7, 11) is 0. The van der Waals surface area contributed by atoms with Crippen molar-refractivity contribution in [2.24, 2.45) is 23.7 Å². The molecule has 0 saturated heterocycles. The average molecular weight is 550 g/mol. The van der Waals surface area contributed by atoms with Gasteiger partial charge in [-0.25, -0.2) is 0 Å². The van der Waals surface area contributed by atoms with Crippen LogP contribution < -0.4 is 0 Å². The van der Waals surface area contributed by atoms with Gasteiger partial charge in [-0.1, -0.05) is 0 Å². The maximum atomic E-state index is 6.46. The van der Waals surface area contributed by atoms with Crippen LogP contribution in [-0.4, -0.2) is 26.0 Å². The zero-order chi connectivity index (χ0) is 17.3. The van der Waals surface area contributed by atoms with Crippen LogP contribution in [0.4, 0.5) is 0 Å². The smallest absolute Gasteiger partial charge is 0.101 e. The molecule has 4 aliphatic rings. The Balaban J connectivity index is 2.41. The van der Waals surface area contributed by atoms with Crippen molar-refractivity contribution in [3.05, 3.63) is 0 Å². The van der Waals surface area contributed by atoms with E-state index in [1.165, 1.54) is 0 Å². The molecule has 4 aliphatic carbocycles. The molecule has 0 aliphatic heterocycles. The van der Waals surface area contributed by atoms with Gasteiger partial charge >= 0.3 is 0 Å². The Labute approximate surface area is 187 Å². The summed E-state index contributed by atoms with van der Waals surface area (Å²) in [5.74, 6) is -4.43. The zero-order valence-corrected chi connectivity index (χ0v) is 18.9. The number of alkyl halides is 12. The minimum atomic E-state index is -1.82. The van der Waals surface area contributed by atoms with Gasteiger partial charge in [0.25, 0.3) is 0 Å². The van der Waals surface area contributed by atoms with Gasteiger partial charge in [0, 0.05) is 0 Å². The molecule has 4 bridgehead atoms. The van der Waals surface area contributed by atoms with E-state index < -0.39 is 49.7 Å². The van der Waals surface area contributed by atoms with Crippen LogP contribution in [0.3, 0.4) is 0 Å². The number of hydrogen-bond acceptors (Lipinski definition) is 0. The molecule has 0 heterocycles. The van der Waals surface area contributed by atoms with Crippen LogP contribution in [-0.2, 0) is 0 Å². The predicted octanol–water partition coefficient (Wildman–Crippen LogP) is 7.54. The summed E-state index contributed by atoms with van der Waals surface area (Å²) < 4.78 is -10.9. The second-order valence-electron chi connectivity index (χ2n) is 5.78. The molecule has 4 fully saturated rings. The summed E-state index contributed by atoms with van der Waals surface area (Å²) in [5.41, 5.74) is 0. The molecule has 0 atom stereocenters. The fourth-order valence-corrected chi connectivity index (χ4v) is 15.0. The Kier molecular flexibility index (Phi) is 4.68. The summed E-state index contributed by atoms with van der Waals surface area (Å²) in [5, 5.41) is 0. The lowest BCUT2D eigenvalue weighted by Gasteiger charge is -2.75. The van der Waals surface area contributed by atoms with Crippen molar-refractivity contribution in [3.8, 4) is 0 Å². The molecule has 0 amide bonds. The molecule has 12 heteroatoms. The van der Waals surface area contributed by atoms with Gasteiger partial charge in [-0.3, -0.25) is 0 Å². The van der Waals surface area contributed by atoms with E-state index in [4.69, 9.17) is 139 Å². The lowest BCUT2D eigenvalue weighted by Crippen LogP contribution is -2.86. The Morgan fingerprint density at radius 2 is 0.364 bits per heavy atom. The van der Waals surface area contributed by atoms with E-state index in [0.717, 1.165) is 0 Å². The fourth-order valence-electron chi connectivity index (χ4n) is 4.08. The van der Waals surface area contributed by atoms with Crippen LogP contribution in [0, 0.1) is 23.7 Å². The zero-order valence-electron chi connectivity index (χ0n) is 9.84. The highest BCUT2D eigenvalue weighted by atomic mass is 35.6. The SMILES string of the molecule is ClC1(Cl)C2C(Cl)(Cl)C3C(Cl)(Cl)C1C(Cl)(Cl)C(C2(Cl)Cl)C3(Cl)Cl. The van der Waals surface area contributed by atoms with Crippen LogP contribution >= 0.6 is 139 Å². The van der Waals surface area contributed by atoms with Crippen LogP contribution in [0.15, 0.2) is 0 Å². The third kappa shape index (κ3) is 2.08. The van der Waals surface area contributed by atoms with E-state index in [1.54, 1.807) is 0 Å². The van der Waals surface area contributed by atoms with Crippen molar-refractivity contribution >= 4 is 139 Å². The maximum absolute atomic E-state index is 6.46. The van der Waals surface area contributed by atoms with Gasteiger partial charge in [0.1, 0.15) is 26.0 Å². The largest absolute Gasteiger partial charge is 0.135 e. The first-order valence-corrected chi connectivity index (χ1v) is 10.3.